The number of pyridine rings is 2. The van der Waals surface area contributed by atoms with E-state index >= 15 is 0 Å². The van der Waals surface area contributed by atoms with Gasteiger partial charge in [-0.1, -0.05) is 17.8 Å². The Hall–Kier alpha value is -2.33. The van der Waals surface area contributed by atoms with Crippen LogP contribution in [0, 0.1) is 6.92 Å². The average Bonchev–Trinajstić information content (AvgIpc) is 2.67. The first-order chi connectivity index (χ1) is 12.3. The number of fused-ring (bicyclic) bond motifs is 3. The van der Waals surface area contributed by atoms with Crippen LogP contribution in [0.25, 0.3) is 0 Å². The molecule has 1 aromatic carbocycles. The molecular weight excluding hydrogens is 326 g/mol. The van der Waals surface area contributed by atoms with E-state index in [1.165, 1.54) is 51.4 Å². The Balaban J connectivity index is 1.78. The molecule has 124 valence electrons. The second kappa shape index (κ2) is 5.88. The molecule has 0 fully saturated rings. The summed E-state index contributed by atoms with van der Waals surface area (Å²) in [5, 5.41) is 0. The minimum Gasteiger partial charge on any atom is -0.277 e. The van der Waals surface area contributed by atoms with Gasteiger partial charge in [0.05, 0.1) is 15.5 Å². The lowest BCUT2D eigenvalue weighted by atomic mass is 9.87. The summed E-state index contributed by atoms with van der Waals surface area (Å²) >= 11 is 1.75. The standard InChI is InChI=1S/C21H19N3S/c1-14-10-11-17(16-7-3-2-6-15(14)16)24-20-18(8-4-12-22-20)25-19-9-5-13-23-21(19)24/h4-5,8-13H,2-3,6-7H2,1H3. The van der Waals surface area contributed by atoms with Crippen LogP contribution in [-0.4, -0.2) is 9.97 Å². The fourth-order valence-corrected chi connectivity index (χ4v) is 4.95. The number of aromatic nitrogens is 2. The topological polar surface area (TPSA) is 29.0 Å². The van der Waals surface area contributed by atoms with E-state index in [0.29, 0.717) is 0 Å². The van der Waals surface area contributed by atoms with Crippen molar-refractivity contribution in [2.45, 2.75) is 42.4 Å². The van der Waals surface area contributed by atoms with Crippen LogP contribution in [-0.2, 0) is 12.8 Å². The van der Waals surface area contributed by atoms with Crippen LogP contribution in [0.5, 0.6) is 0 Å². The molecular formula is C21H19N3S. The van der Waals surface area contributed by atoms with Gasteiger partial charge in [0.25, 0.3) is 0 Å². The van der Waals surface area contributed by atoms with E-state index in [1.54, 1.807) is 11.8 Å². The van der Waals surface area contributed by atoms with Crippen LogP contribution >= 0.6 is 11.8 Å². The number of anilines is 3. The van der Waals surface area contributed by atoms with Crippen molar-refractivity contribution in [3.05, 3.63) is 65.5 Å². The maximum atomic E-state index is 4.71. The van der Waals surface area contributed by atoms with E-state index in [2.05, 4.69) is 36.1 Å². The largest absolute Gasteiger partial charge is 0.277 e. The highest BCUT2D eigenvalue weighted by atomic mass is 32.2. The molecule has 0 saturated heterocycles. The Morgan fingerprint density at radius 2 is 1.48 bits per heavy atom. The normalized spacial score (nSPS) is 15.3. The summed E-state index contributed by atoms with van der Waals surface area (Å²) in [6, 6.07) is 12.8. The van der Waals surface area contributed by atoms with Gasteiger partial charge in [-0.25, -0.2) is 9.97 Å². The first-order valence-corrected chi connectivity index (χ1v) is 9.64. The molecule has 1 aliphatic carbocycles. The number of nitrogens with zero attached hydrogens (tertiary/aromatic N) is 3. The summed E-state index contributed by atoms with van der Waals surface area (Å²) in [6.07, 6.45) is 8.62. The van der Waals surface area contributed by atoms with Crippen molar-refractivity contribution in [1.29, 1.82) is 0 Å². The van der Waals surface area contributed by atoms with Crippen molar-refractivity contribution in [2.75, 3.05) is 4.90 Å². The SMILES string of the molecule is Cc1ccc(N2c3ncccc3Sc3cccnc32)c2c1CCCC2. The Morgan fingerprint density at radius 1 is 0.840 bits per heavy atom. The fourth-order valence-electron chi connectivity index (χ4n) is 3.94. The quantitative estimate of drug-likeness (QED) is 0.449. The van der Waals surface area contributed by atoms with Crippen LogP contribution in [0.3, 0.4) is 0 Å². The van der Waals surface area contributed by atoms with Crippen molar-refractivity contribution in [1.82, 2.24) is 9.97 Å². The van der Waals surface area contributed by atoms with Gasteiger partial charge in [0, 0.05) is 12.4 Å². The molecule has 5 rings (SSSR count). The first-order valence-electron chi connectivity index (χ1n) is 8.82. The van der Waals surface area contributed by atoms with Crippen molar-refractivity contribution in [3.63, 3.8) is 0 Å². The van der Waals surface area contributed by atoms with E-state index in [0.717, 1.165) is 18.1 Å². The first kappa shape index (κ1) is 15.0. The zero-order valence-corrected chi connectivity index (χ0v) is 15.0. The summed E-state index contributed by atoms with van der Waals surface area (Å²) < 4.78 is 0. The third kappa shape index (κ3) is 2.35. The number of hydrogen-bond donors (Lipinski definition) is 0. The Labute approximate surface area is 152 Å². The second-order valence-corrected chi connectivity index (χ2v) is 7.74. The van der Waals surface area contributed by atoms with Crippen molar-refractivity contribution < 1.29 is 0 Å². The lowest BCUT2D eigenvalue weighted by molar-refractivity contribution is 0.681. The third-order valence-electron chi connectivity index (χ3n) is 5.13. The van der Waals surface area contributed by atoms with Gasteiger partial charge >= 0.3 is 0 Å². The molecule has 0 radical (unpaired) electrons. The maximum Gasteiger partial charge on any atom is 0.152 e. The van der Waals surface area contributed by atoms with Crippen molar-refractivity contribution in [2.24, 2.45) is 0 Å². The third-order valence-corrected chi connectivity index (χ3v) is 6.21. The van der Waals surface area contributed by atoms with E-state index < -0.39 is 0 Å². The van der Waals surface area contributed by atoms with Crippen LogP contribution in [0.15, 0.2) is 58.6 Å². The van der Waals surface area contributed by atoms with Crippen LogP contribution in [0.1, 0.15) is 29.5 Å². The van der Waals surface area contributed by atoms with Crippen LogP contribution in [0.4, 0.5) is 17.3 Å². The molecule has 2 aromatic heterocycles. The molecule has 0 amide bonds. The molecule has 25 heavy (non-hydrogen) atoms. The molecule has 3 aromatic rings. The maximum absolute atomic E-state index is 4.71. The zero-order valence-electron chi connectivity index (χ0n) is 14.2. The molecule has 0 saturated carbocycles. The molecule has 0 spiro atoms. The summed E-state index contributed by atoms with van der Waals surface area (Å²) in [7, 11) is 0. The molecule has 1 aliphatic heterocycles. The fraction of sp³-hybridized carbons (Fsp3) is 0.238. The predicted molar refractivity (Wildman–Crippen MR) is 102 cm³/mol. The number of rotatable bonds is 1. The summed E-state index contributed by atoms with van der Waals surface area (Å²) in [4.78, 5) is 14.1. The molecule has 0 atom stereocenters. The van der Waals surface area contributed by atoms with E-state index in [4.69, 9.17) is 9.97 Å². The molecule has 4 heteroatoms. The molecule has 2 aliphatic rings. The Bertz CT molecular complexity index is 922. The zero-order chi connectivity index (χ0) is 16.8. The minimum absolute atomic E-state index is 0.996. The van der Waals surface area contributed by atoms with E-state index in [1.807, 2.05) is 24.5 Å². The monoisotopic (exact) mass is 345 g/mol. The highest BCUT2D eigenvalue weighted by molar-refractivity contribution is 7.99. The molecule has 3 nitrogen and oxygen atoms in total. The van der Waals surface area contributed by atoms with Gasteiger partial charge in [-0.15, -0.1) is 0 Å². The number of hydrogen-bond acceptors (Lipinski definition) is 4. The molecule has 0 N–H and O–H groups in total. The molecule has 0 bridgehead atoms. The van der Waals surface area contributed by atoms with Gasteiger partial charge < -0.3 is 0 Å². The van der Waals surface area contributed by atoms with E-state index in [-0.39, 0.29) is 0 Å². The van der Waals surface area contributed by atoms with Crippen LogP contribution < -0.4 is 4.90 Å². The van der Waals surface area contributed by atoms with Crippen molar-refractivity contribution in [3.8, 4) is 0 Å². The average molecular weight is 345 g/mol. The summed E-state index contributed by atoms with van der Waals surface area (Å²) in [5.74, 6) is 1.99. The second-order valence-electron chi connectivity index (χ2n) is 6.65. The lowest BCUT2D eigenvalue weighted by Gasteiger charge is -2.33. The Morgan fingerprint density at radius 3 is 2.16 bits per heavy atom. The van der Waals surface area contributed by atoms with Gasteiger partial charge in [-0.2, -0.15) is 0 Å². The van der Waals surface area contributed by atoms with Gasteiger partial charge in [0.15, 0.2) is 11.6 Å². The highest BCUT2D eigenvalue weighted by Gasteiger charge is 2.29. The van der Waals surface area contributed by atoms with Crippen LogP contribution in [0.2, 0.25) is 0 Å². The van der Waals surface area contributed by atoms with Crippen molar-refractivity contribution >= 4 is 29.1 Å². The Kier molecular flexibility index (Phi) is 3.52. The minimum atomic E-state index is 0.996. The number of aryl methyl sites for hydroxylation is 1. The van der Waals surface area contributed by atoms with Gasteiger partial charge in [-0.3, -0.25) is 4.90 Å². The smallest absolute Gasteiger partial charge is 0.152 e. The summed E-state index contributed by atoms with van der Waals surface area (Å²) in [6.45, 7) is 2.23. The van der Waals surface area contributed by atoms with Gasteiger partial charge in [0.2, 0.25) is 0 Å². The summed E-state index contributed by atoms with van der Waals surface area (Å²) in [5.41, 5.74) is 5.66. The van der Waals surface area contributed by atoms with Gasteiger partial charge in [-0.05, 0) is 79.6 Å². The predicted octanol–water partition coefficient (Wildman–Crippen LogP) is 5.60. The van der Waals surface area contributed by atoms with E-state index in [9.17, 15) is 0 Å². The van der Waals surface area contributed by atoms with Gasteiger partial charge in [0.1, 0.15) is 0 Å². The highest BCUT2D eigenvalue weighted by Crippen LogP contribution is 2.50. The molecule has 3 heterocycles. The number of benzene rings is 1. The molecule has 0 unspecified atom stereocenters. The lowest BCUT2D eigenvalue weighted by Crippen LogP contribution is -2.20.